The van der Waals surface area contributed by atoms with Gasteiger partial charge in [-0.2, -0.15) is 0 Å². The Morgan fingerprint density at radius 1 is 1.53 bits per heavy atom. The van der Waals surface area contributed by atoms with Crippen LogP contribution in [0.4, 0.5) is 10.5 Å². The first-order chi connectivity index (χ1) is 7.99. The van der Waals surface area contributed by atoms with Gasteiger partial charge in [0.05, 0.1) is 5.69 Å². The second-order valence-electron chi connectivity index (χ2n) is 3.40. The topological polar surface area (TPSA) is 84.2 Å². The average molecular weight is 298 g/mol. The van der Waals surface area contributed by atoms with Crippen LogP contribution in [0.1, 0.15) is 6.92 Å². The van der Waals surface area contributed by atoms with E-state index in [9.17, 15) is 9.59 Å². The summed E-state index contributed by atoms with van der Waals surface area (Å²) in [5, 5.41) is 12.1. The lowest BCUT2D eigenvalue weighted by molar-refractivity contribution is -0.114. The van der Waals surface area contributed by atoms with Crippen molar-refractivity contribution in [3.05, 3.63) is 22.9 Å². The number of carbonyl (C=O) groups excluding carboxylic acids is 1. The molecule has 6 nitrogen and oxygen atoms in total. The minimum absolute atomic E-state index is 0.269. The summed E-state index contributed by atoms with van der Waals surface area (Å²) in [5.41, 5.74) is 0.702. The van der Waals surface area contributed by atoms with Gasteiger partial charge in [-0.15, -0.1) is 0 Å². The molecule has 0 spiro atoms. The molecule has 7 heteroatoms. The predicted molar refractivity (Wildman–Crippen MR) is 65.2 cm³/mol. The highest BCUT2D eigenvalue weighted by Gasteiger charge is 2.14. The highest BCUT2D eigenvalue weighted by atomic mass is 79.9. The third-order valence-corrected chi connectivity index (χ3v) is 2.56. The molecule has 0 aliphatic rings. The normalized spacial score (nSPS) is 10.5. The molecule has 0 saturated heterocycles. The Bertz CT molecular complexity index is 621. The van der Waals surface area contributed by atoms with Crippen LogP contribution in [0.2, 0.25) is 0 Å². The summed E-state index contributed by atoms with van der Waals surface area (Å²) < 4.78 is 1.67. The zero-order chi connectivity index (χ0) is 12.6. The van der Waals surface area contributed by atoms with Crippen LogP contribution in [0.15, 0.2) is 22.9 Å². The first kappa shape index (κ1) is 11.6. The molecule has 17 heavy (non-hydrogen) atoms. The smallest absolute Gasteiger partial charge is 0.417 e. The lowest BCUT2D eigenvalue weighted by Gasteiger charge is -1.98. The van der Waals surface area contributed by atoms with Crippen LogP contribution < -0.4 is 5.32 Å². The number of nitrogens with one attached hydrogen (secondary N) is 1. The molecule has 2 heterocycles. The molecule has 2 aromatic heterocycles. The SMILES string of the molecule is CC(=O)Nc1cn(C(=O)O)c2ncc(Br)cc12. The summed E-state index contributed by atoms with van der Waals surface area (Å²) in [6.07, 6.45) is 1.68. The summed E-state index contributed by atoms with van der Waals surface area (Å²) in [6, 6.07) is 1.70. The Hall–Kier alpha value is -1.89. The summed E-state index contributed by atoms with van der Waals surface area (Å²) in [4.78, 5) is 26.0. The van der Waals surface area contributed by atoms with Gasteiger partial charge in [0.1, 0.15) is 0 Å². The minimum atomic E-state index is -1.15. The van der Waals surface area contributed by atoms with Gasteiger partial charge in [-0.05, 0) is 22.0 Å². The fourth-order valence-electron chi connectivity index (χ4n) is 1.52. The molecule has 0 aliphatic heterocycles. The van der Waals surface area contributed by atoms with Crippen LogP contribution in [-0.4, -0.2) is 26.7 Å². The van der Waals surface area contributed by atoms with Gasteiger partial charge < -0.3 is 10.4 Å². The second-order valence-corrected chi connectivity index (χ2v) is 4.32. The maximum absolute atomic E-state index is 11.0. The van der Waals surface area contributed by atoms with Crippen molar-refractivity contribution in [3.63, 3.8) is 0 Å². The van der Waals surface area contributed by atoms with Crippen LogP contribution in [0, 0.1) is 0 Å². The van der Waals surface area contributed by atoms with E-state index >= 15 is 0 Å². The fourth-order valence-corrected chi connectivity index (χ4v) is 1.85. The molecule has 0 unspecified atom stereocenters. The van der Waals surface area contributed by atoms with Gasteiger partial charge in [0.15, 0.2) is 5.65 Å². The molecular weight excluding hydrogens is 290 g/mol. The molecule has 2 N–H and O–H groups in total. The van der Waals surface area contributed by atoms with Gasteiger partial charge in [0, 0.05) is 29.2 Å². The van der Waals surface area contributed by atoms with Crippen LogP contribution in [0.25, 0.3) is 11.0 Å². The Kier molecular flexibility index (Phi) is 2.84. The van der Waals surface area contributed by atoms with E-state index < -0.39 is 6.09 Å². The van der Waals surface area contributed by atoms with E-state index in [-0.39, 0.29) is 11.6 Å². The fraction of sp³-hybridized carbons (Fsp3) is 0.100. The highest BCUT2D eigenvalue weighted by molar-refractivity contribution is 9.10. The first-order valence-corrected chi connectivity index (χ1v) is 5.46. The Balaban J connectivity index is 2.70. The zero-order valence-corrected chi connectivity index (χ0v) is 10.4. The molecule has 0 atom stereocenters. The van der Waals surface area contributed by atoms with E-state index in [4.69, 9.17) is 5.11 Å². The lowest BCUT2D eigenvalue weighted by atomic mass is 10.3. The van der Waals surface area contributed by atoms with Gasteiger partial charge in [-0.25, -0.2) is 14.3 Å². The highest BCUT2D eigenvalue weighted by Crippen LogP contribution is 2.27. The second kappa shape index (κ2) is 4.17. The van der Waals surface area contributed by atoms with E-state index in [0.29, 0.717) is 15.5 Å². The van der Waals surface area contributed by atoms with Crippen molar-refractivity contribution in [1.29, 1.82) is 0 Å². The van der Waals surface area contributed by atoms with Crippen molar-refractivity contribution in [3.8, 4) is 0 Å². The number of anilines is 1. The summed E-state index contributed by atoms with van der Waals surface area (Å²) >= 11 is 3.25. The molecule has 0 aliphatic carbocycles. The van der Waals surface area contributed by atoms with Crippen LogP contribution >= 0.6 is 15.9 Å². The number of pyridine rings is 1. The van der Waals surface area contributed by atoms with E-state index in [1.165, 1.54) is 19.3 Å². The molecule has 1 amide bonds. The van der Waals surface area contributed by atoms with Crippen LogP contribution in [0.5, 0.6) is 0 Å². The molecular formula is C10H8BrN3O3. The van der Waals surface area contributed by atoms with Crippen LogP contribution in [0.3, 0.4) is 0 Å². The number of fused-ring (bicyclic) bond motifs is 1. The molecule has 2 aromatic rings. The largest absolute Gasteiger partial charge is 0.464 e. The van der Waals surface area contributed by atoms with Gasteiger partial charge in [-0.1, -0.05) is 0 Å². The van der Waals surface area contributed by atoms with E-state index in [0.717, 1.165) is 4.57 Å². The lowest BCUT2D eigenvalue weighted by Crippen LogP contribution is -2.07. The monoisotopic (exact) mass is 297 g/mol. The number of hydrogen-bond acceptors (Lipinski definition) is 3. The number of aromatic nitrogens is 2. The summed E-state index contributed by atoms with van der Waals surface area (Å²) in [5.74, 6) is -0.269. The number of nitrogens with zero attached hydrogens (tertiary/aromatic N) is 2. The van der Waals surface area contributed by atoms with Gasteiger partial charge in [0.2, 0.25) is 5.91 Å². The van der Waals surface area contributed by atoms with E-state index in [1.807, 2.05) is 0 Å². The van der Waals surface area contributed by atoms with E-state index in [1.54, 1.807) is 6.07 Å². The van der Waals surface area contributed by atoms with Gasteiger partial charge in [-0.3, -0.25) is 4.79 Å². The standard InChI is InChI=1S/C10H8BrN3O3/c1-5(15)13-8-4-14(10(16)17)9-7(8)2-6(11)3-12-9/h2-4H,1H3,(H,13,15)(H,16,17). The Morgan fingerprint density at radius 2 is 2.24 bits per heavy atom. The van der Waals surface area contributed by atoms with E-state index in [2.05, 4.69) is 26.2 Å². The maximum Gasteiger partial charge on any atom is 0.417 e. The number of carbonyl (C=O) groups is 2. The van der Waals surface area contributed by atoms with Crippen molar-refractivity contribution < 1.29 is 14.7 Å². The van der Waals surface area contributed by atoms with Gasteiger partial charge in [0.25, 0.3) is 0 Å². The number of hydrogen-bond donors (Lipinski definition) is 2. The zero-order valence-electron chi connectivity index (χ0n) is 8.77. The molecule has 88 valence electrons. The maximum atomic E-state index is 11.0. The van der Waals surface area contributed by atoms with Crippen molar-refractivity contribution in [2.45, 2.75) is 6.92 Å². The summed E-state index contributed by atoms with van der Waals surface area (Å²) in [7, 11) is 0. The van der Waals surface area contributed by atoms with Gasteiger partial charge >= 0.3 is 6.09 Å². The van der Waals surface area contributed by atoms with Crippen LogP contribution in [-0.2, 0) is 4.79 Å². The number of carboxylic acid groups (broad SMARTS) is 1. The number of amides is 1. The molecule has 0 saturated carbocycles. The van der Waals surface area contributed by atoms with Crippen molar-refractivity contribution >= 4 is 44.7 Å². The average Bonchev–Trinajstić information content (AvgIpc) is 2.56. The predicted octanol–water partition coefficient (Wildman–Crippen LogP) is 2.28. The third-order valence-electron chi connectivity index (χ3n) is 2.13. The summed E-state index contributed by atoms with van der Waals surface area (Å²) in [6.45, 7) is 1.36. The third kappa shape index (κ3) is 2.14. The molecule has 2 rings (SSSR count). The minimum Gasteiger partial charge on any atom is -0.464 e. The van der Waals surface area contributed by atoms with Crippen molar-refractivity contribution in [2.24, 2.45) is 0 Å². The van der Waals surface area contributed by atoms with Crippen molar-refractivity contribution in [2.75, 3.05) is 5.32 Å². The molecule has 0 aromatic carbocycles. The Labute approximate surface area is 104 Å². The van der Waals surface area contributed by atoms with Crippen molar-refractivity contribution in [1.82, 2.24) is 9.55 Å². The molecule has 0 fully saturated rings. The molecule has 0 radical (unpaired) electrons. The number of halogens is 1. The quantitative estimate of drug-likeness (QED) is 0.846. The first-order valence-electron chi connectivity index (χ1n) is 4.66. The molecule has 0 bridgehead atoms. The number of rotatable bonds is 1. The Morgan fingerprint density at radius 3 is 2.82 bits per heavy atom.